The van der Waals surface area contributed by atoms with E-state index in [1.165, 1.54) is 22.6 Å². The van der Waals surface area contributed by atoms with Gasteiger partial charge in [-0.3, -0.25) is 9.78 Å². The predicted octanol–water partition coefficient (Wildman–Crippen LogP) is 12.2. The molecule has 6 aromatic rings. The van der Waals surface area contributed by atoms with Crippen molar-refractivity contribution in [1.29, 1.82) is 0 Å². The fourth-order valence-corrected chi connectivity index (χ4v) is 6.14. The molecule has 4 aromatic carbocycles. The molecule has 0 unspecified atom stereocenters. The van der Waals surface area contributed by atoms with Gasteiger partial charge >= 0.3 is 0 Å². The third kappa shape index (κ3) is 7.37. The molecule has 6 heteroatoms. The standard InChI is InChI=1S/C28H21N2O.C15H28O2.Ir/c1-16(2)19-10-11-20-21-5-4-6-23(28(21)31-25(20)14-19)26-22-12-9-18-8-7-17(3)13-24(18)27(22)30-15-29-26;1-7-14(5,8-2)12(16)11-13(17)15(6,9-3)10-4;/h4-5,7-16H,1-3H3;11,16H,7-10H2,1-6H3;/q-1;;/b;12-11-;. The summed E-state index contributed by atoms with van der Waals surface area (Å²) >= 11 is 0. The molecule has 49 heavy (non-hydrogen) atoms. The maximum atomic E-state index is 12.2. The summed E-state index contributed by atoms with van der Waals surface area (Å²) < 4.78 is 6.39. The molecule has 0 aliphatic carbocycles. The molecule has 0 saturated heterocycles. The number of aliphatic hydroxyl groups excluding tert-OH is 1. The average Bonchev–Trinajstić information content (AvgIpc) is 3.49. The van der Waals surface area contributed by atoms with E-state index in [0.717, 1.165) is 75.2 Å². The quantitative estimate of drug-likeness (QED) is 0.0679. The van der Waals surface area contributed by atoms with Crippen LogP contribution in [-0.4, -0.2) is 20.9 Å². The zero-order valence-electron chi connectivity index (χ0n) is 30.3. The fraction of sp³-hybridized carbons (Fsp3) is 0.372. The Hall–Kier alpha value is -3.86. The predicted molar refractivity (Wildman–Crippen MR) is 201 cm³/mol. The maximum Gasteiger partial charge on any atom is 0.164 e. The van der Waals surface area contributed by atoms with E-state index in [2.05, 4.69) is 91.4 Å². The number of ketones is 1. The molecule has 0 bridgehead atoms. The van der Waals surface area contributed by atoms with Gasteiger partial charge in [0, 0.05) is 53.5 Å². The van der Waals surface area contributed by atoms with Gasteiger partial charge in [0.1, 0.15) is 17.7 Å². The van der Waals surface area contributed by atoms with Gasteiger partial charge in [0.25, 0.3) is 0 Å². The van der Waals surface area contributed by atoms with E-state index in [-0.39, 0.29) is 42.5 Å². The number of fused-ring (bicyclic) bond motifs is 6. The number of aryl methyl sites for hydroxylation is 1. The number of carbonyl (C=O) groups excluding carboxylic acids is 1. The Balaban J connectivity index is 0.000000260. The monoisotopic (exact) mass is 834 g/mol. The number of benzene rings is 4. The van der Waals surface area contributed by atoms with Gasteiger partial charge < -0.3 is 9.52 Å². The molecule has 0 atom stereocenters. The van der Waals surface area contributed by atoms with Crippen LogP contribution in [0.25, 0.3) is 54.9 Å². The van der Waals surface area contributed by atoms with Crippen molar-refractivity contribution in [3.63, 3.8) is 0 Å². The minimum Gasteiger partial charge on any atom is -0.512 e. The summed E-state index contributed by atoms with van der Waals surface area (Å²) in [4.78, 5) is 21.5. The Labute approximate surface area is 304 Å². The molecule has 1 N–H and O–H groups in total. The molecule has 0 fully saturated rings. The number of aliphatic hydroxyl groups is 1. The number of hydrogen-bond acceptors (Lipinski definition) is 5. The zero-order chi connectivity index (χ0) is 34.8. The summed E-state index contributed by atoms with van der Waals surface area (Å²) in [6.45, 7) is 18.6. The summed E-state index contributed by atoms with van der Waals surface area (Å²) in [5, 5.41) is 15.7. The van der Waals surface area contributed by atoms with Crippen LogP contribution in [0.2, 0.25) is 0 Å². The van der Waals surface area contributed by atoms with Crippen LogP contribution < -0.4 is 0 Å². The van der Waals surface area contributed by atoms with Crippen molar-refractivity contribution in [1.82, 2.24) is 9.97 Å². The number of allylic oxidation sites excluding steroid dienone is 2. The smallest absolute Gasteiger partial charge is 0.164 e. The molecule has 0 spiro atoms. The summed E-state index contributed by atoms with van der Waals surface area (Å²) in [7, 11) is 0. The van der Waals surface area contributed by atoms with Gasteiger partial charge in [0.05, 0.1) is 11.1 Å². The Morgan fingerprint density at radius 2 is 1.51 bits per heavy atom. The Bertz CT molecular complexity index is 2130. The van der Waals surface area contributed by atoms with Crippen molar-refractivity contribution in [3.8, 4) is 11.3 Å². The number of furan rings is 1. The Kier molecular flexibility index (Phi) is 11.9. The first-order valence-corrected chi connectivity index (χ1v) is 17.4. The van der Waals surface area contributed by atoms with Crippen LogP contribution in [-0.2, 0) is 24.9 Å². The molecular weight excluding hydrogens is 785 g/mol. The van der Waals surface area contributed by atoms with Crippen molar-refractivity contribution < 1.29 is 34.4 Å². The maximum absolute atomic E-state index is 12.2. The van der Waals surface area contributed by atoms with E-state index in [1.54, 1.807) is 6.33 Å². The minimum atomic E-state index is -0.337. The third-order valence-corrected chi connectivity index (χ3v) is 10.7. The molecular formula is C43H49IrN2O3-. The van der Waals surface area contributed by atoms with Gasteiger partial charge in [-0.2, -0.15) is 0 Å². The SMILES string of the molecule is CCC(C)(CC)C(=O)/C=C(\O)C(C)(CC)CC.Cc1ccc2ccc3c(-c4[c-]ccc5c4oc4cc(C(C)C)ccc45)ncnc3c2c1.[Ir]. The summed E-state index contributed by atoms with van der Waals surface area (Å²) in [5.41, 5.74) is 6.29. The van der Waals surface area contributed by atoms with Crippen LogP contribution in [0.5, 0.6) is 0 Å². The molecule has 259 valence electrons. The van der Waals surface area contributed by atoms with E-state index in [9.17, 15) is 9.90 Å². The van der Waals surface area contributed by atoms with Crippen molar-refractivity contribution >= 4 is 49.4 Å². The van der Waals surface area contributed by atoms with Gasteiger partial charge in [-0.15, -0.1) is 18.2 Å². The second kappa shape index (κ2) is 15.4. The normalized spacial score (nSPS) is 12.4. The fourth-order valence-electron chi connectivity index (χ4n) is 6.14. The first-order chi connectivity index (χ1) is 22.9. The average molecular weight is 834 g/mol. The van der Waals surface area contributed by atoms with Crippen LogP contribution in [0.15, 0.2) is 83.2 Å². The minimum absolute atomic E-state index is 0. The second-order valence-corrected chi connectivity index (χ2v) is 13.9. The number of rotatable bonds is 9. The van der Waals surface area contributed by atoms with E-state index in [1.807, 2.05) is 47.6 Å². The summed E-state index contributed by atoms with van der Waals surface area (Å²) in [6, 6.07) is 24.6. The number of nitrogens with zero attached hydrogens (tertiary/aromatic N) is 2. The van der Waals surface area contributed by atoms with Gasteiger partial charge in [-0.1, -0.05) is 108 Å². The van der Waals surface area contributed by atoms with Gasteiger partial charge in [-0.05, 0) is 67.0 Å². The van der Waals surface area contributed by atoms with Crippen LogP contribution >= 0.6 is 0 Å². The molecule has 0 aliphatic heterocycles. The largest absolute Gasteiger partial charge is 0.512 e. The molecule has 0 aliphatic rings. The Morgan fingerprint density at radius 3 is 2.16 bits per heavy atom. The van der Waals surface area contributed by atoms with Crippen LogP contribution in [0.4, 0.5) is 0 Å². The summed E-state index contributed by atoms with van der Waals surface area (Å²) in [5.74, 6) is 0.736. The van der Waals surface area contributed by atoms with E-state index >= 15 is 0 Å². The van der Waals surface area contributed by atoms with Gasteiger partial charge in [-0.25, -0.2) is 4.98 Å². The Morgan fingerprint density at radius 1 is 0.857 bits per heavy atom. The van der Waals surface area contributed by atoms with E-state index < -0.39 is 0 Å². The van der Waals surface area contributed by atoms with Gasteiger partial charge in [0.15, 0.2) is 5.78 Å². The second-order valence-electron chi connectivity index (χ2n) is 13.9. The molecule has 1 radical (unpaired) electrons. The molecule has 6 rings (SSSR count). The molecule has 2 aromatic heterocycles. The van der Waals surface area contributed by atoms with Crippen LogP contribution in [0, 0.1) is 23.8 Å². The van der Waals surface area contributed by atoms with E-state index in [4.69, 9.17) is 4.42 Å². The first kappa shape index (κ1) is 37.9. The molecule has 0 saturated carbocycles. The topological polar surface area (TPSA) is 76.2 Å². The number of carbonyl (C=O) groups is 1. The number of hydrogen-bond donors (Lipinski definition) is 1. The van der Waals surface area contributed by atoms with Crippen molar-refractivity contribution in [2.45, 2.75) is 93.9 Å². The molecule has 2 heterocycles. The van der Waals surface area contributed by atoms with Crippen LogP contribution in [0.3, 0.4) is 0 Å². The van der Waals surface area contributed by atoms with Crippen LogP contribution in [0.1, 0.15) is 98.1 Å². The van der Waals surface area contributed by atoms with Crippen molar-refractivity contribution in [3.05, 3.63) is 96.0 Å². The van der Waals surface area contributed by atoms with Crippen molar-refractivity contribution in [2.75, 3.05) is 0 Å². The van der Waals surface area contributed by atoms with Crippen molar-refractivity contribution in [2.24, 2.45) is 10.8 Å². The van der Waals surface area contributed by atoms with Gasteiger partial charge in [0.2, 0.25) is 0 Å². The first-order valence-electron chi connectivity index (χ1n) is 17.4. The third-order valence-electron chi connectivity index (χ3n) is 10.7. The molecule has 5 nitrogen and oxygen atoms in total. The number of aromatic nitrogens is 2. The summed E-state index contributed by atoms with van der Waals surface area (Å²) in [6.07, 6.45) is 6.40. The molecule has 0 amide bonds. The zero-order valence-corrected chi connectivity index (χ0v) is 32.7. The van der Waals surface area contributed by atoms with E-state index in [0.29, 0.717) is 5.92 Å².